The quantitative estimate of drug-likeness (QED) is 0.864. The fourth-order valence-electron chi connectivity index (χ4n) is 2.79. The number of dihydropyridines is 1. The summed E-state index contributed by atoms with van der Waals surface area (Å²) in [6, 6.07) is 7.11. The molecule has 2 atom stereocenters. The summed E-state index contributed by atoms with van der Waals surface area (Å²) < 4.78 is 12.8. The molecule has 1 heterocycles. The molecule has 6 heteroatoms. The Morgan fingerprint density at radius 1 is 1.26 bits per heavy atom. The molecule has 23 heavy (non-hydrogen) atoms. The van der Waals surface area contributed by atoms with Gasteiger partial charge in [-0.05, 0) is 25.5 Å². The Kier molecular flexibility index (Phi) is 5.32. The lowest BCUT2D eigenvalue weighted by Crippen LogP contribution is -2.31. The number of allylic oxidation sites excluding steroid dienone is 3. The molecule has 2 rings (SSSR count). The van der Waals surface area contributed by atoms with Gasteiger partial charge in [-0.15, -0.1) is 0 Å². The summed E-state index contributed by atoms with van der Waals surface area (Å²) in [4.78, 5) is 12.4. The lowest BCUT2D eigenvalue weighted by molar-refractivity contribution is -0.133. The minimum Gasteiger partial charge on any atom is -0.478 e. The standard InChI is InChI=1S/C17H20ClNO3S/c1-9(2)23(22)16-11(4)19-10(3)14(17(20)21)15(16)12-7-5-6-8-13(12)18/h5-9,15,19H,1-4H3,(H,20,21). The zero-order chi connectivity index (χ0) is 17.3. The maximum atomic E-state index is 12.8. The zero-order valence-electron chi connectivity index (χ0n) is 13.5. The highest BCUT2D eigenvalue weighted by Gasteiger charge is 2.37. The number of aliphatic carboxylic acids is 1. The summed E-state index contributed by atoms with van der Waals surface area (Å²) >= 11 is 6.32. The van der Waals surface area contributed by atoms with Crippen LogP contribution in [-0.4, -0.2) is 20.5 Å². The van der Waals surface area contributed by atoms with E-state index in [1.54, 1.807) is 25.1 Å². The lowest BCUT2D eigenvalue weighted by Gasteiger charge is -2.31. The van der Waals surface area contributed by atoms with E-state index in [4.69, 9.17) is 11.6 Å². The first kappa shape index (κ1) is 17.8. The van der Waals surface area contributed by atoms with Gasteiger partial charge in [0, 0.05) is 26.6 Å². The normalized spacial score (nSPS) is 19.8. The van der Waals surface area contributed by atoms with Crippen LogP contribution >= 0.6 is 11.6 Å². The molecular formula is C17H20ClNO3S. The van der Waals surface area contributed by atoms with Gasteiger partial charge in [0.2, 0.25) is 0 Å². The van der Waals surface area contributed by atoms with Crippen LogP contribution in [0.25, 0.3) is 0 Å². The Labute approximate surface area is 143 Å². The molecule has 1 aromatic carbocycles. The molecule has 1 aliphatic rings. The molecule has 124 valence electrons. The number of halogens is 1. The molecule has 1 aromatic rings. The zero-order valence-corrected chi connectivity index (χ0v) is 15.1. The maximum absolute atomic E-state index is 12.8. The Balaban J connectivity index is 2.74. The van der Waals surface area contributed by atoms with Gasteiger partial charge in [-0.25, -0.2) is 4.79 Å². The molecule has 4 nitrogen and oxygen atoms in total. The van der Waals surface area contributed by atoms with Crippen molar-refractivity contribution < 1.29 is 14.1 Å². The van der Waals surface area contributed by atoms with E-state index in [1.807, 2.05) is 26.8 Å². The number of rotatable bonds is 4. The van der Waals surface area contributed by atoms with Crippen molar-refractivity contribution in [1.82, 2.24) is 5.32 Å². The van der Waals surface area contributed by atoms with Gasteiger partial charge in [-0.2, -0.15) is 0 Å². The predicted octanol–water partition coefficient (Wildman–Crippen LogP) is 3.77. The van der Waals surface area contributed by atoms with Crippen molar-refractivity contribution in [1.29, 1.82) is 0 Å². The molecule has 0 fully saturated rings. The highest BCUT2D eigenvalue weighted by atomic mass is 35.5. The van der Waals surface area contributed by atoms with Gasteiger partial charge in [-0.1, -0.05) is 43.6 Å². The fourth-order valence-corrected chi connectivity index (χ4v) is 4.37. The molecule has 0 aromatic heterocycles. The second-order valence-electron chi connectivity index (χ2n) is 5.76. The van der Waals surface area contributed by atoms with Crippen LogP contribution in [0.1, 0.15) is 39.2 Å². The van der Waals surface area contributed by atoms with Crippen molar-refractivity contribution in [3.05, 3.63) is 56.7 Å². The van der Waals surface area contributed by atoms with E-state index in [2.05, 4.69) is 5.32 Å². The van der Waals surface area contributed by atoms with Crippen molar-refractivity contribution in [2.45, 2.75) is 38.9 Å². The molecule has 0 radical (unpaired) electrons. The first-order chi connectivity index (χ1) is 10.8. The van der Waals surface area contributed by atoms with Gasteiger partial charge in [0.15, 0.2) is 0 Å². The fraction of sp³-hybridized carbons (Fsp3) is 0.353. The molecule has 2 unspecified atom stereocenters. The molecule has 0 saturated carbocycles. The van der Waals surface area contributed by atoms with E-state index in [-0.39, 0.29) is 10.8 Å². The molecule has 0 spiro atoms. The number of hydrogen-bond donors (Lipinski definition) is 2. The van der Waals surface area contributed by atoms with Crippen LogP contribution < -0.4 is 5.32 Å². The second kappa shape index (κ2) is 6.89. The molecular weight excluding hydrogens is 334 g/mol. The van der Waals surface area contributed by atoms with Gasteiger partial charge >= 0.3 is 5.97 Å². The highest BCUT2D eigenvalue weighted by Crippen LogP contribution is 2.42. The van der Waals surface area contributed by atoms with Crippen molar-refractivity contribution in [3.63, 3.8) is 0 Å². The number of benzene rings is 1. The monoisotopic (exact) mass is 353 g/mol. The molecule has 0 bridgehead atoms. The van der Waals surface area contributed by atoms with E-state index in [1.165, 1.54) is 0 Å². The minimum atomic E-state index is -1.32. The van der Waals surface area contributed by atoms with Crippen molar-refractivity contribution in [3.8, 4) is 0 Å². The number of hydrogen-bond acceptors (Lipinski definition) is 3. The third-order valence-corrected chi connectivity index (χ3v) is 5.97. The molecule has 1 aliphatic heterocycles. The first-order valence-corrected chi connectivity index (χ1v) is 8.91. The van der Waals surface area contributed by atoms with Crippen LogP contribution in [0.15, 0.2) is 46.1 Å². The first-order valence-electron chi connectivity index (χ1n) is 7.32. The van der Waals surface area contributed by atoms with E-state index in [0.717, 1.165) is 5.70 Å². The van der Waals surface area contributed by atoms with E-state index >= 15 is 0 Å². The average molecular weight is 354 g/mol. The summed E-state index contributed by atoms with van der Waals surface area (Å²) in [6.07, 6.45) is 0. The summed E-state index contributed by atoms with van der Waals surface area (Å²) in [7, 11) is -1.32. The summed E-state index contributed by atoms with van der Waals surface area (Å²) in [5, 5.41) is 13.1. The molecule has 0 amide bonds. The van der Waals surface area contributed by atoms with Gasteiger partial charge in [0.05, 0.1) is 22.3 Å². The SMILES string of the molecule is CC1=C(C(=O)O)C(c2ccccc2Cl)C(S(=O)C(C)C)=C(C)N1. The number of carbonyl (C=O) groups is 1. The van der Waals surface area contributed by atoms with Crippen LogP contribution in [0.2, 0.25) is 5.02 Å². The van der Waals surface area contributed by atoms with Crippen LogP contribution in [0.3, 0.4) is 0 Å². The maximum Gasteiger partial charge on any atom is 0.334 e. The van der Waals surface area contributed by atoms with Crippen molar-refractivity contribution in [2.75, 3.05) is 0 Å². The summed E-state index contributed by atoms with van der Waals surface area (Å²) in [5.74, 6) is -1.66. The largest absolute Gasteiger partial charge is 0.478 e. The average Bonchev–Trinajstić information content (AvgIpc) is 2.45. The minimum absolute atomic E-state index is 0.125. The molecule has 2 N–H and O–H groups in total. The van der Waals surface area contributed by atoms with Crippen LogP contribution in [0.5, 0.6) is 0 Å². The van der Waals surface area contributed by atoms with E-state index in [9.17, 15) is 14.1 Å². The smallest absolute Gasteiger partial charge is 0.334 e. The van der Waals surface area contributed by atoms with Gasteiger partial charge in [-0.3, -0.25) is 4.21 Å². The topological polar surface area (TPSA) is 66.4 Å². The number of carboxylic acid groups (broad SMARTS) is 1. The number of carboxylic acids is 1. The Bertz CT molecular complexity index is 737. The van der Waals surface area contributed by atoms with Gasteiger partial charge in [0.25, 0.3) is 0 Å². The molecule has 0 saturated heterocycles. The van der Waals surface area contributed by atoms with E-state index in [0.29, 0.717) is 21.2 Å². The lowest BCUT2D eigenvalue weighted by atomic mass is 9.86. The third-order valence-electron chi connectivity index (χ3n) is 3.79. The summed E-state index contributed by atoms with van der Waals surface area (Å²) in [5.41, 5.74) is 2.12. The number of nitrogens with one attached hydrogen (secondary N) is 1. The van der Waals surface area contributed by atoms with Crippen molar-refractivity contribution >= 4 is 28.4 Å². The Morgan fingerprint density at radius 3 is 2.39 bits per heavy atom. The Morgan fingerprint density at radius 2 is 1.87 bits per heavy atom. The predicted molar refractivity (Wildman–Crippen MR) is 93.6 cm³/mol. The van der Waals surface area contributed by atoms with Crippen molar-refractivity contribution in [2.24, 2.45) is 0 Å². The van der Waals surface area contributed by atoms with Gasteiger partial charge < -0.3 is 10.4 Å². The third kappa shape index (κ3) is 3.35. The second-order valence-corrected chi connectivity index (χ2v) is 8.14. The Hall–Kier alpha value is -1.59. The van der Waals surface area contributed by atoms with Crippen LogP contribution in [-0.2, 0) is 15.6 Å². The van der Waals surface area contributed by atoms with Gasteiger partial charge in [0.1, 0.15) is 0 Å². The van der Waals surface area contributed by atoms with Crippen LogP contribution in [0, 0.1) is 0 Å². The van der Waals surface area contributed by atoms with E-state index < -0.39 is 22.7 Å². The highest BCUT2D eigenvalue weighted by molar-refractivity contribution is 7.89. The molecule has 0 aliphatic carbocycles. The summed E-state index contributed by atoms with van der Waals surface area (Å²) in [6.45, 7) is 7.24. The van der Waals surface area contributed by atoms with Crippen LogP contribution in [0.4, 0.5) is 0 Å².